The minimum atomic E-state index is -1.09. The first kappa shape index (κ1) is 10.6. The van der Waals surface area contributed by atoms with Gasteiger partial charge >= 0.3 is 5.97 Å². The zero-order chi connectivity index (χ0) is 10.6. The fourth-order valence-corrected chi connectivity index (χ4v) is 0.941. The fraction of sp³-hybridized carbons (Fsp3) is 0.571. The molecule has 0 fully saturated rings. The monoisotopic (exact) mass is 202 g/mol. The summed E-state index contributed by atoms with van der Waals surface area (Å²) >= 11 is 0. The number of nitrogens with two attached hydrogens (primary N) is 1. The van der Waals surface area contributed by atoms with E-state index in [9.17, 15) is 9.18 Å². The molecule has 0 saturated carbocycles. The standard InChI is InChI=1S/C7H11FN4O2/c8-1-2-12-4-5(10-11-12)3-6(9)7(13)14/h4,6H,1-3,9H2,(H,13,14). The Bertz CT molecular complexity index is 314. The molecule has 6 nitrogen and oxygen atoms in total. The van der Waals surface area contributed by atoms with E-state index in [-0.39, 0.29) is 13.0 Å². The van der Waals surface area contributed by atoms with Crippen molar-refractivity contribution in [2.24, 2.45) is 5.73 Å². The molecule has 0 aliphatic rings. The van der Waals surface area contributed by atoms with Crippen molar-refractivity contribution in [2.45, 2.75) is 19.0 Å². The van der Waals surface area contributed by atoms with Crippen LogP contribution in [0.25, 0.3) is 0 Å². The zero-order valence-corrected chi connectivity index (χ0v) is 7.43. The minimum Gasteiger partial charge on any atom is -0.480 e. The van der Waals surface area contributed by atoms with Gasteiger partial charge in [-0.05, 0) is 0 Å². The Labute approximate surface area is 79.5 Å². The largest absolute Gasteiger partial charge is 0.480 e. The van der Waals surface area contributed by atoms with Crippen LogP contribution in [0.1, 0.15) is 5.69 Å². The first-order chi connectivity index (χ1) is 6.63. The molecule has 1 atom stereocenters. The second-order valence-corrected chi connectivity index (χ2v) is 2.81. The number of alkyl halides is 1. The third kappa shape index (κ3) is 2.77. The van der Waals surface area contributed by atoms with Crippen LogP contribution < -0.4 is 5.73 Å². The zero-order valence-electron chi connectivity index (χ0n) is 7.43. The Morgan fingerprint density at radius 2 is 2.50 bits per heavy atom. The highest BCUT2D eigenvalue weighted by atomic mass is 19.1. The van der Waals surface area contributed by atoms with E-state index in [1.807, 2.05) is 0 Å². The van der Waals surface area contributed by atoms with Crippen LogP contribution >= 0.6 is 0 Å². The first-order valence-electron chi connectivity index (χ1n) is 4.07. The van der Waals surface area contributed by atoms with Crippen molar-refractivity contribution in [3.8, 4) is 0 Å². The summed E-state index contributed by atoms with van der Waals surface area (Å²) in [5, 5.41) is 15.8. The molecule has 1 heterocycles. The number of hydrogen-bond acceptors (Lipinski definition) is 4. The summed E-state index contributed by atoms with van der Waals surface area (Å²) in [6.45, 7) is -0.414. The normalized spacial score (nSPS) is 12.7. The second-order valence-electron chi connectivity index (χ2n) is 2.81. The molecule has 78 valence electrons. The third-order valence-corrected chi connectivity index (χ3v) is 1.65. The van der Waals surface area contributed by atoms with Crippen LogP contribution in [0.5, 0.6) is 0 Å². The first-order valence-corrected chi connectivity index (χ1v) is 4.07. The molecule has 0 spiro atoms. The SMILES string of the molecule is NC(Cc1cn(CCF)nn1)C(=O)O. The van der Waals surface area contributed by atoms with Crippen LogP contribution in [-0.4, -0.2) is 38.8 Å². The van der Waals surface area contributed by atoms with Gasteiger partial charge in [-0.3, -0.25) is 4.79 Å². The van der Waals surface area contributed by atoms with Gasteiger partial charge in [0.05, 0.1) is 12.2 Å². The van der Waals surface area contributed by atoms with Crippen molar-refractivity contribution in [3.05, 3.63) is 11.9 Å². The summed E-state index contributed by atoms with van der Waals surface area (Å²) < 4.78 is 13.2. The van der Waals surface area contributed by atoms with Crippen LogP contribution in [0.4, 0.5) is 4.39 Å². The Morgan fingerprint density at radius 3 is 3.07 bits per heavy atom. The van der Waals surface area contributed by atoms with Crippen LogP contribution in [0.3, 0.4) is 0 Å². The lowest BCUT2D eigenvalue weighted by Crippen LogP contribution is -2.32. The number of halogens is 1. The van der Waals surface area contributed by atoms with Gasteiger partial charge in [0, 0.05) is 12.6 Å². The molecule has 0 radical (unpaired) electrons. The van der Waals surface area contributed by atoms with Gasteiger partial charge < -0.3 is 10.8 Å². The summed E-state index contributed by atoms with van der Waals surface area (Å²) in [6.07, 6.45) is 1.59. The fourth-order valence-electron chi connectivity index (χ4n) is 0.941. The Hall–Kier alpha value is -1.50. The van der Waals surface area contributed by atoms with Gasteiger partial charge in [0.2, 0.25) is 0 Å². The predicted octanol–water partition coefficient (Wildman–Crippen LogP) is -0.798. The highest BCUT2D eigenvalue weighted by Gasteiger charge is 2.14. The van der Waals surface area contributed by atoms with Crippen LogP contribution in [0.15, 0.2) is 6.20 Å². The number of aromatic nitrogens is 3. The van der Waals surface area contributed by atoms with Crippen molar-refractivity contribution < 1.29 is 14.3 Å². The molecule has 3 N–H and O–H groups in total. The lowest BCUT2D eigenvalue weighted by Gasteiger charge is -2.01. The maximum absolute atomic E-state index is 11.9. The lowest BCUT2D eigenvalue weighted by atomic mass is 10.2. The summed E-state index contributed by atoms with van der Waals surface area (Å²) in [6, 6.07) is -0.995. The number of aryl methyl sites for hydroxylation is 1. The predicted molar refractivity (Wildman–Crippen MR) is 45.3 cm³/mol. The molecule has 0 aliphatic heterocycles. The van der Waals surface area contributed by atoms with Gasteiger partial charge in [0.1, 0.15) is 12.7 Å². The molecular weight excluding hydrogens is 191 g/mol. The number of carboxylic acids is 1. The van der Waals surface area contributed by atoms with Crippen molar-refractivity contribution in [1.82, 2.24) is 15.0 Å². The Balaban J connectivity index is 2.55. The topological polar surface area (TPSA) is 94.0 Å². The smallest absolute Gasteiger partial charge is 0.320 e. The average Bonchev–Trinajstić information content (AvgIpc) is 2.53. The van der Waals surface area contributed by atoms with Gasteiger partial charge in [-0.15, -0.1) is 5.10 Å². The Kier molecular flexibility index (Phi) is 3.52. The van der Waals surface area contributed by atoms with E-state index in [4.69, 9.17) is 10.8 Å². The molecule has 0 bridgehead atoms. The molecule has 0 aliphatic carbocycles. The number of aliphatic carboxylic acids is 1. The minimum absolute atomic E-state index is 0.0988. The lowest BCUT2D eigenvalue weighted by molar-refractivity contribution is -0.138. The van der Waals surface area contributed by atoms with Crippen LogP contribution in [0.2, 0.25) is 0 Å². The quantitative estimate of drug-likeness (QED) is 0.652. The van der Waals surface area contributed by atoms with Crippen molar-refractivity contribution in [3.63, 3.8) is 0 Å². The van der Waals surface area contributed by atoms with Crippen LogP contribution in [-0.2, 0) is 17.8 Å². The third-order valence-electron chi connectivity index (χ3n) is 1.65. The molecule has 0 aromatic carbocycles. The van der Waals surface area contributed by atoms with Gasteiger partial charge in [-0.25, -0.2) is 9.07 Å². The van der Waals surface area contributed by atoms with E-state index < -0.39 is 18.7 Å². The van der Waals surface area contributed by atoms with E-state index in [1.54, 1.807) is 0 Å². The molecule has 1 rings (SSSR count). The van der Waals surface area contributed by atoms with Gasteiger partial charge in [0.15, 0.2) is 0 Å². The van der Waals surface area contributed by atoms with Crippen molar-refractivity contribution in [1.29, 1.82) is 0 Å². The highest BCUT2D eigenvalue weighted by molar-refractivity contribution is 5.73. The molecule has 1 unspecified atom stereocenters. The Morgan fingerprint density at radius 1 is 1.79 bits per heavy atom. The molecule has 14 heavy (non-hydrogen) atoms. The summed E-state index contributed by atoms with van der Waals surface area (Å²) in [7, 11) is 0. The molecule has 0 amide bonds. The molecule has 1 aromatic heterocycles. The van der Waals surface area contributed by atoms with Gasteiger partial charge in [-0.1, -0.05) is 5.21 Å². The second kappa shape index (κ2) is 4.66. The van der Waals surface area contributed by atoms with Gasteiger partial charge in [0.25, 0.3) is 0 Å². The number of carboxylic acid groups (broad SMARTS) is 1. The van der Waals surface area contributed by atoms with Crippen molar-refractivity contribution >= 4 is 5.97 Å². The van der Waals surface area contributed by atoms with E-state index in [0.717, 1.165) is 0 Å². The van der Waals surface area contributed by atoms with Crippen molar-refractivity contribution in [2.75, 3.05) is 6.67 Å². The summed E-state index contributed by atoms with van der Waals surface area (Å²) in [4.78, 5) is 10.4. The number of nitrogens with zero attached hydrogens (tertiary/aromatic N) is 3. The number of hydrogen-bond donors (Lipinski definition) is 2. The van der Waals surface area contributed by atoms with Gasteiger partial charge in [-0.2, -0.15) is 0 Å². The maximum Gasteiger partial charge on any atom is 0.320 e. The van der Waals surface area contributed by atoms with E-state index in [2.05, 4.69) is 10.3 Å². The molecule has 1 aromatic rings. The highest BCUT2D eigenvalue weighted by Crippen LogP contribution is 1.97. The molecule has 7 heteroatoms. The summed E-state index contributed by atoms with van der Waals surface area (Å²) in [5.41, 5.74) is 5.73. The van der Waals surface area contributed by atoms with E-state index >= 15 is 0 Å². The summed E-state index contributed by atoms with van der Waals surface area (Å²) in [5.74, 6) is -1.09. The van der Waals surface area contributed by atoms with Crippen LogP contribution in [0, 0.1) is 0 Å². The van der Waals surface area contributed by atoms with E-state index in [0.29, 0.717) is 5.69 Å². The average molecular weight is 202 g/mol. The number of carbonyl (C=O) groups is 1. The molecular formula is C7H11FN4O2. The number of rotatable bonds is 5. The maximum atomic E-state index is 11.9. The van der Waals surface area contributed by atoms with E-state index in [1.165, 1.54) is 10.9 Å². The molecule has 0 saturated heterocycles.